The predicted molar refractivity (Wildman–Crippen MR) is 161 cm³/mol. The lowest BCUT2D eigenvalue weighted by atomic mass is 10.3. The van der Waals surface area contributed by atoms with Crippen LogP contribution in [0, 0.1) is 0 Å². The SMILES string of the molecule is CCC[Si](OC(C)C)(OC(C)C)OC(C)C.S.S.S.S.S.c1ccc2scnc2c1. The molecule has 0 amide bonds. The second kappa shape index (κ2) is 21.8. The van der Waals surface area contributed by atoms with Gasteiger partial charge in [-0.05, 0) is 53.7 Å². The molecule has 0 aliphatic rings. The summed E-state index contributed by atoms with van der Waals surface area (Å²) < 4.78 is 19.2. The second-order valence-corrected chi connectivity index (χ2v) is 10.2. The third-order valence-corrected chi connectivity index (χ3v) is 7.45. The van der Waals surface area contributed by atoms with Crippen molar-refractivity contribution in [3.05, 3.63) is 29.8 Å². The van der Waals surface area contributed by atoms with Crippen LogP contribution in [0.15, 0.2) is 29.8 Å². The first-order valence-corrected chi connectivity index (χ1v) is 11.9. The van der Waals surface area contributed by atoms with Crippen molar-refractivity contribution in [3.8, 4) is 0 Å². The Morgan fingerprint density at radius 3 is 1.60 bits per heavy atom. The minimum Gasteiger partial charge on any atom is -0.371 e. The summed E-state index contributed by atoms with van der Waals surface area (Å²) in [4.78, 5) is 4.14. The molecule has 1 heterocycles. The summed E-state index contributed by atoms with van der Waals surface area (Å²) in [6.07, 6.45) is 1.47. The van der Waals surface area contributed by atoms with Crippen LogP contribution in [0.3, 0.4) is 0 Å². The Morgan fingerprint density at radius 1 is 0.800 bits per heavy atom. The molecular formula is C19H43NO3S6Si. The molecule has 0 radical (unpaired) electrons. The molecule has 1 aromatic carbocycles. The highest BCUT2D eigenvalue weighted by Crippen LogP contribution is 2.23. The molecule has 1 aromatic heterocycles. The zero-order valence-corrected chi connectivity index (χ0v) is 25.9. The van der Waals surface area contributed by atoms with E-state index in [1.807, 2.05) is 65.3 Å². The zero-order chi connectivity index (χ0) is 18.9. The number of rotatable bonds is 8. The van der Waals surface area contributed by atoms with E-state index in [-0.39, 0.29) is 85.8 Å². The summed E-state index contributed by atoms with van der Waals surface area (Å²) in [5.41, 5.74) is 2.97. The molecular weight excluding hydrogens is 511 g/mol. The summed E-state index contributed by atoms with van der Waals surface area (Å²) in [5.74, 6) is 0. The normalized spacial score (nSPS) is 10.1. The first-order chi connectivity index (χ1) is 11.8. The largest absolute Gasteiger partial charge is 0.501 e. The van der Waals surface area contributed by atoms with Crippen LogP contribution in [0.2, 0.25) is 6.04 Å². The van der Waals surface area contributed by atoms with E-state index in [2.05, 4.69) is 18.0 Å². The zero-order valence-electron chi connectivity index (χ0n) is 19.1. The van der Waals surface area contributed by atoms with E-state index in [4.69, 9.17) is 13.3 Å². The molecule has 2 aromatic rings. The highest BCUT2D eigenvalue weighted by molar-refractivity contribution is 7.60. The number of aromatic nitrogens is 1. The molecule has 0 aliphatic heterocycles. The highest BCUT2D eigenvalue weighted by atomic mass is 32.1. The molecule has 182 valence electrons. The van der Waals surface area contributed by atoms with E-state index in [9.17, 15) is 0 Å². The predicted octanol–water partition coefficient (Wildman–Crippen LogP) is 6.47. The van der Waals surface area contributed by atoms with Gasteiger partial charge in [-0.1, -0.05) is 25.5 Å². The van der Waals surface area contributed by atoms with Crippen LogP contribution in [0.4, 0.5) is 0 Å². The number of fused-ring (bicyclic) bond motifs is 1. The van der Waals surface area contributed by atoms with Crippen LogP contribution in [-0.4, -0.2) is 32.1 Å². The van der Waals surface area contributed by atoms with Crippen LogP contribution in [-0.2, 0) is 13.3 Å². The Hall–Kier alpha value is 0.957. The molecule has 0 unspecified atom stereocenters. The third kappa shape index (κ3) is 16.6. The lowest BCUT2D eigenvalue weighted by molar-refractivity contribution is 0.00314. The van der Waals surface area contributed by atoms with Crippen molar-refractivity contribution in [2.75, 3.05) is 0 Å². The van der Waals surface area contributed by atoms with Crippen molar-refractivity contribution in [1.29, 1.82) is 0 Å². The van der Waals surface area contributed by atoms with E-state index in [1.54, 1.807) is 11.3 Å². The van der Waals surface area contributed by atoms with E-state index in [0.29, 0.717) is 0 Å². The number of hydrogen-bond acceptors (Lipinski definition) is 5. The van der Waals surface area contributed by atoms with Gasteiger partial charge in [0.15, 0.2) is 0 Å². The Kier molecular flexibility index (Phi) is 29.9. The molecule has 0 spiro atoms. The quantitative estimate of drug-likeness (QED) is 0.351. The first kappa shape index (κ1) is 41.2. The fourth-order valence-electron chi connectivity index (χ4n) is 2.45. The molecule has 0 fully saturated rings. The summed E-state index contributed by atoms with van der Waals surface area (Å²) >= 11 is 1.68. The number of thiazole rings is 1. The van der Waals surface area contributed by atoms with Gasteiger partial charge in [0.25, 0.3) is 0 Å². The van der Waals surface area contributed by atoms with Crippen LogP contribution in [0.1, 0.15) is 54.9 Å². The van der Waals surface area contributed by atoms with Crippen LogP contribution < -0.4 is 0 Å². The Labute approximate surface area is 223 Å². The number of benzene rings is 1. The van der Waals surface area contributed by atoms with Crippen LogP contribution >= 0.6 is 78.8 Å². The Balaban J connectivity index is -0.000000129. The molecule has 0 saturated heterocycles. The second-order valence-electron chi connectivity index (χ2n) is 6.75. The van der Waals surface area contributed by atoms with Crippen molar-refractivity contribution in [1.82, 2.24) is 4.98 Å². The van der Waals surface area contributed by atoms with Gasteiger partial charge < -0.3 is 13.3 Å². The maximum absolute atomic E-state index is 5.99. The highest BCUT2D eigenvalue weighted by Gasteiger charge is 2.43. The molecule has 30 heavy (non-hydrogen) atoms. The molecule has 0 N–H and O–H groups in total. The number of nitrogens with zero attached hydrogens (tertiary/aromatic N) is 1. The number of hydrogen-bond donors (Lipinski definition) is 0. The van der Waals surface area contributed by atoms with Crippen molar-refractivity contribution < 1.29 is 13.3 Å². The topological polar surface area (TPSA) is 40.6 Å². The molecule has 11 heteroatoms. The van der Waals surface area contributed by atoms with E-state index >= 15 is 0 Å². The van der Waals surface area contributed by atoms with Crippen molar-refractivity contribution in [2.24, 2.45) is 0 Å². The Bertz CT molecular complexity index is 560. The average molecular weight is 554 g/mol. The summed E-state index contributed by atoms with van der Waals surface area (Å²) in [6.45, 7) is 14.3. The van der Waals surface area contributed by atoms with E-state index in [0.717, 1.165) is 18.0 Å². The molecule has 2 rings (SSSR count). The van der Waals surface area contributed by atoms with Gasteiger partial charge in [-0.2, -0.15) is 67.5 Å². The first-order valence-electron chi connectivity index (χ1n) is 9.09. The monoisotopic (exact) mass is 553 g/mol. The van der Waals surface area contributed by atoms with Gasteiger partial charge in [-0.25, -0.2) is 4.98 Å². The van der Waals surface area contributed by atoms with Gasteiger partial charge in [0.1, 0.15) is 0 Å². The van der Waals surface area contributed by atoms with Gasteiger partial charge in [-0.15, -0.1) is 11.3 Å². The lowest BCUT2D eigenvalue weighted by Gasteiger charge is -2.34. The summed E-state index contributed by atoms with van der Waals surface area (Å²) in [5, 5.41) is 0. The molecule has 4 nitrogen and oxygen atoms in total. The van der Waals surface area contributed by atoms with Gasteiger partial charge in [0.2, 0.25) is 0 Å². The fourth-order valence-corrected chi connectivity index (χ4v) is 6.41. The minimum atomic E-state index is -2.48. The number of para-hydroxylation sites is 1. The maximum Gasteiger partial charge on any atom is 0.501 e. The van der Waals surface area contributed by atoms with E-state index in [1.165, 1.54) is 4.70 Å². The smallest absolute Gasteiger partial charge is 0.371 e. The maximum atomic E-state index is 5.99. The molecule has 0 saturated carbocycles. The van der Waals surface area contributed by atoms with Gasteiger partial charge in [-0.3, -0.25) is 0 Å². The van der Waals surface area contributed by atoms with Gasteiger partial charge in [0.05, 0.1) is 15.7 Å². The van der Waals surface area contributed by atoms with Crippen molar-refractivity contribution >= 4 is 97.8 Å². The standard InChI is InChI=1S/C12H28O3Si.C7H5NS.5H2S/c1-8-9-16(13-10(2)3,14-11(4)5)15-12(6)7;1-2-4-7-6(3-1)8-5-9-7;;;;;/h10-12H,8-9H2,1-7H3;1-5H;5*1H2. The summed E-state index contributed by atoms with van der Waals surface area (Å²) in [7, 11) is -2.48. The van der Waals surface area contributed by atoms with Crippen LogP contribution in [0.25, 0.3) is 10.2 Å². The summed E-state index contributed by atoms with van der Waals surface area (Å²) in [6, 6.07) is 9.02. The molecule has 0 atom stereocenters. The minimum absolute atomic E-state index is 0. The van der Waals surface area contributed by atoms with Gasteiger partial charge in [0, 0.05) is 24.4 Å². The fraction of sp³-hybridized carbons (Fsp3) is 0.632. The van der Waals surface area contributed by atoms with Gasteiger partial charge >= 0.3 is 8.80 Å². The van der Waals surface area contributed by atoms with Crippen LogP contribution in [0.5, 0.6) is 0 Å². The Morgan fingerprint density at radius 2 is 1.23 bits per heavy atom. The van der Waals surface area contributed by atoms with Crippen molar-refractivity contribution in [3.63, 3.8) is 0 Å². The molecule has 0 bridgehead atoms. The average Bonchev–Trinajstić information content (AvgIpc) is 2.93. The van der Waals surface area contributed by atoms with E-state index < -0.39 is 8.80 Å². The molecule has 0 aliphatic carbocycles. The lowest BCUT2D eigenvalue weighted by Crippen LogP contribution is -2.50. The third-order valence-electron chi connectivity index (χ3n) is 3.04. The van der Waals surface area contributed by atoms with Crippen molar-refractivity contribution in [2.45, 2.75) is 79.2 Å².